The van der Waals surface area contributed by atoms with Gasteiger partial charge in [0.15, 0.2) is 5.96 Å². The van der Waals surface area contributed by atoms with E-state index in [4.69, 9.17) is 9.47 Å². The maximum atomic E-state index is 11.6. The molecule has 8 nitrogen and oxygen atoms in total. The van der Waals surface area contributed by atoms with Crippen LogP contribution in [0, 0.1) is 0 Å². The topological polar surface area (TPSA) is 83.5 Å². The molecule has 0 aromatic carbocycles. The molecule has 2 saturated heterocycles. The molecule has 0 saturated carbocycles. The van der Waals surface area contributed by atoms with E-state index in [1.54, 1.807) is 7.05 Å². The number of nitrogens with zero attached hydrogens (tertiary/aromatic N) is 3. The first-order chi connectivity index (χ1) is 12.0. The van der Waals surface area contributed by atoms with Gasteiger partial charge < -0.3 is 19.7 Å². The van der Waals surface area contributed by atoms with Gasteiger partial charge in [0.1, 0.15) is 6.10 Å². The van der Waals surface area contributed by atoms with Gasteiger partial charge in [-0.15, -0.1) is 24.0 Å². The molecule has 2 aliphatic heterocycles. The van der Waals surface area contributed by atoms with Gasteiger partial charge in [0.25, 0.3) is 0 Å². The van der Waals surface area contributed by atoms with Crippen LogP contribution in [-0.4, -0.2) is 95.0 Å². The fourth-order valence-corrected chi connectivity index (χ4v) is 4.26. The zero-order chi connectivity index (χ0) is 18.3. The molecule has 0 radical (unpaired) electrons. The molecule has 2 heterocycles. The molecule has 26 heavy (non-hydrogen) atoms. The largest absolute Gasteiger partial charge is 0.375 e. The van der Waals surface area contributed by atoms with E-state index in [0.717, 1.165) is 44.9 Å². The summed E-state index contributed by atoms with van der Waals surface area (Å²) in [6, 6.07) is 0. The highest BCUT2D eigenvalue weighted by atomic mass is 127. The fourth-order valence-electron chi connectivity index (χ4n) is 3.33. The van der Waals surface area contributed by atoms with E-state index in [1.165, 1.54) is 10.6 Å². The van der Waals surface area contributed by atoms with Crippen LogP contribution < -0.4 is 5.32 Å². The number of guanidine groups is 1. The van der Waals surface area contributed by atoms with E-state index < -0.39 is 10.0 Å². The number of sulfonamides is 1. The first kappa shape index (κ1) is 23.9. The van der Waals surface area contributed by atoms with Crippen molar-refractivity contribution < 1.29 is 17.9 Å². The Morgan fingerprint density at radius 2 is 2.04 bits per heavy atom. The maximum absolute atomic E-state index is 11.6. The highest BCUT2D eigenvalue weighted by molar-refractivity contribution is 14.0. The Hall–Kier alpha value is -0.170. The molecule has 10 heteroatoms. The summed E-state index contributed by atoms with van der Waals surface area (Å²) in [5.74, 6) is 0.841. The third kappa shape index (κ3) is 7.10. The number of halogens is 1. The monoisotopic (exact) mass is 504 g/mol. The van der Waals surface area contributed by atoms with Crippen LogP contribution in [0.25, 0.3) is 0 Å². The van der Waals surface area contributed by atoms with Crippen molar-refractivity contribution in [1.29, 1.82) is 0 Å². The lowest BCUT2D eigenvalue weighted by Crippen LogP contribution is -2.53. The van der Waals surface area contributed by atoms with Crippen LogP contribution >= 0.6 is 24.0 Å². The molecule has 2 rings (SSSR count). The number of nitrogens with one attached hydrogen (secondary N) is 1. The summed E-state index contributed by atoms with van der Waals surface area (Å²) in [5.41, 5.74) is 0. The predicted molar refractivity (Wildman–Crippen MR) is 114 cm³/mol. The molecule has 0 amide bonds. The van der Waals surface area contributed by atoms with Crippen LogP contribution in [0.1, 0.15) is 26.2 Å². The summed E-state index contributed by atoms with van der Waals surface area (Å²) in [6.45, 7) is 6.62. The van der Waals surface area contributed by atoms with Crippen LogP contribution in [0.2, 0.25) is 0 Å². The lowest BCUT2D eigenvalue weighted by atomic mass is 10.1. The normalized spacial score (nSPS) is 24.6. The quantitative estimate of drug-likeness (QED) is 0.238. The van der Waals surface area contributed by atoms with Gasteiger partial charge in [0, 0.05) is 46.4 Å². The smallest absolute Gasteiger partial charge is 0.211 e. The van der Waals surface area contributed by atoms with Gasteiger partial charge in [0.2, 0.25) is 10.0 Å². The van der Waals surface area contributed by atoms with Gasteiger partial charge >= 0.3 is 0 Å². The van der Waals surface area contributed by atoms with Crippen molar-refractivity contribution in [3.63, 3.8) is 0 Å². The minimum Gasteiger partial charge on any atom is -0.375 e. The van der Waals surface area contributed by atoms with Crippen molar-refractivity contribution in [1.82, 2.24) is 14.5 Å². The summed E-state index contributed by atoms with van der Waals surface area (Å²) in [6.07, 6.45) is 4.43. The molecular weight excluding hydrogens is 471 g/mol. The maximum Gasteiger partial charge on any atom is 0.211 e. The zero-order valence-electron chi connectivity index (χ0n) is 16.0. The highest BCUT2D eigenvalue weighted by Crippen LogP contribution is 2.21. The second-order valence-corrected chi connectivity index (χ2v) is 8.47. The van der Waals surface area contributed by atoms with Crippen LogP contribution in [-0.2, 0) is 19.5 Å². The fraction of sp³-hybridized carbons (Fsp3) is 0.938. The molecule has 2 unspecified atom stereocenters. The summed E-state index contributed by atoms with van der Waals surface area (Å²) < 4.78 is 36.3. The standard InChI is InChI=1S/C16H32N4O4S.HI/c1-4-20(25(3,21)22)9-6-8-18-16(17-2)19-10-12-24-15(13-19)14-7-5-11-23-14;/h14-15H,4-13H2,1-3H3,(H,17,18);1H. The van der Waals surface area contributed by atoms with Crippen molar-refractivity contribution in [3.05, 3.63) is 0 Å². The summed E-state index contributed by atoms with van der Waals surface area (Å²) in [4.78, 5) is 6.56. The Morgan fingerprint density at radius 1 is 1.31 bits per heavy atom. The van der Waals surface area contributed by atoms with Crippen molar-refractivity contribution in [2.45, 2.75) is 38.4 Å². The Kier molecular flexibility index (Phi) is 10.7. The first-order valence-electron chi connectivity index (χ1n) is 9.09. The summed E-state index contributed by atoms with van der Waals surface area (Å²) >= 11 is 0. The second-order valence-electron chi connectivity index (χ2n) is 6.49. The zero-order valence-corrected chi connectivity index (χ0v) is 19.2. The minimum atomic E-state index is -3.12. The van der Waals surface area contributed by atoms with Gasteiger partial charge in [-0.25, -0.2) is 12.7 Å². The van der Waals surface area contributed by atoms with Crippen molar-refractivity contribution in [2.24, 2.45) is 4.99 Å². The molecule has 0 aromatic rings. The van der Waals surface area contributed by atoms with E-state index in [-0.39, 0.29) is 36.2 Å². The highest BCUT2D eigenvalue weighted by Gasteiger charge is 2.32. The number of aliphatic imine (C=N–C) groups is 1. The summed E-state index contributed by atoms with van der Waals surface area (Å²) in [5, 5.41) is 3.34. The first-order valence-corrected chi connectivity index (χ1v) is 10.9. The average Bonchev–Trinajstić information content (AvgIpc) is 3.12. The molecule has 154 valence electrons. The van der Waals surface area contributed by atoms with Gasteiger partial charge in [-0.1, -0.05) is 6.92 Å². The molecule has 2 fully saturated rings. The van der Waals surface area contributed by atoms with Gasteiger partial charge in [-0.3, -0.25) is 4.99 Å². The lowest BCUT2D eigenvalue weighted by molar-refractivity contribution is -0.0816. The number of morpholine rings is 1. The van der Waals surface area contributed by atoms with Crippen molar-refractivity contribution in [3.8, 4) is 0 Å². The van der Waals surface area contributed by atoms with Gasteiger partial charge in [0.05, 0.1) is 19.0 Å². The molecular formula is C16H33IN4O4S. The Labute approximate surface area is 174 Å². The Morgan fingerprint density at radius 3 is 2.62 bits per heavy atom. The molecule has 0 aliphatic carbocycles. The summed E-state index contributed by atoms with van der Waals surface area (Å²) in [7, 11) is -1.35. The van der Waals surface area contributed by atoms with E-state index in [1.807, 2.05) is 6.92 Å². The van der Waals surface area contributed by atoms with Crippen molar-refractivity contribution in [2.75, 3.05) is 59.2 Å². The molecule has 0 aromatic heterocycles. The second kappa shape index (κ2) is 11.6. The number of ether oxygens (including phenoxy) is 2. The predicted octanol–water partition coefficient (Wildman–Crippen LogP) is 0.731. The number of hydrogen-bond donors (Lipinski definition) is 1. The third-order valence-corrected chi connectivity index (χ3v) is 6.05. The van der Waals surface area contributed by atoms with Gasteiger partial charge in [-0.05, 0) is 19.3 Å². The van der Waals surface area contributed by atoms with E-state index in [2.05, 4.69) is 15.2 Å². The van der Waals surface area contributed by atoms with Gasteiger partial charge in [-0.2, -0.15) is 0 Å². The van der Waals surface area contributed by atoms with Crippen LogP contribution in [0.5, 0.6) is 0 Å². The molecule has 2 atom stereocenters. The van der Waals surface area contributed by atoms with Crippen LogP contribution in [0.3, 0.4) is 0 Å². The Bertz CT molecular complexity index is 540. The van der Waals surface area contributed by atoms with Crippen LogP contribution in [0.4, 0.5) is 0 Å². The third-order valence-electron chi connectivity index (χ3n) is 4.67. The molecule has 2 aliphatic rings. The Balaban J connectivity index is 0.00000338. The minimum absolute atomic E-state index is 0. The van der Waals surface area contributed by atoms with Crippen molar-refractivity contribution >= 4 is 40.0 Å². The molecule has 0 spiro atoms. The van der Waals surface area contributed by atoms with E-state index in [0.29, 0.717) is 26.2 Å². The number of rotatable bonds is 7. The van der Waals surface area contributed by atoms with E-state index in [9.17, 15) is 8.42 Å². The number of hydrogen-bond acceptors (Lipinski definition) is 5. The van der Waals surface area contributed by atoms with E-state index >= 15 is 0 Å². The molecule has 0 bridgehead atoms. The SMILES string of the molecule is CCN(CCCNC(=NC)N1CCOC(C2CCCO2)C1)S(C)(=O)=O.I. The molecule has 1 N–H and O–H groups in total. The van der Waals surface area contributed by atoms with Crippen LogP contribution in [0.15, 0.2) is 4.99 Å². The average molecular weight is 504 g/mol. The lowest BCUT2D eigenvalue weighted by Gasteiger charge is -2.37.